The molecule has 3 amide bonds. The highest BCUT2D eigenvalue weighted by Crippen LogP contribution is 2.23. The fourth-order valence-electron chi connectivity index (χ4n) is 4.52. The highest BCUT2D eigenvalue weighted by molar-refractivity contribution is 7.92. The number of nitrogens with one attached hydrogen (secondary N) is 5. The number of rotatable bonds is 18. The van der Waals surface area contributed by atoms with E-state index in [9.17, 15) is 18.0 Å². The van der Waals surface area contributed by atoms with E-state index in [2.05, 4.69) is 49.4 Å². The number of anilines is 3. The zero-order valence-electron chi connectivity index (χ0n) is 25.1. The lowest BCUT2D eigenvalue weighted by Crippen LogP contribution is -2.44. The molecule has 0 fully saturated rings. The topological polar surface area (TPSA) is 154 Å². The van der Waals surface area contributed by atoms with Crippen molar-refractivity contribution in [3.8, 4) is 11.4 Å². The Bertz CT molecular complexity index is 1420. The minimum Gasteiger partial charge on any atom is -0.334 e. The average Bonchev–Trinajstić information content (AvgIpc) is 3.45. The average molecular weight is 630 g/mol. The van der Waals surface area contributed by atoms with Gasteiger partial charge in [-0.25, -0.2) is 18.6 Å². The van der Waals surface area contributed by atoms with Gasteiger partial charge in [0.05, 0.1) is 11.9 Å². The molecule has 0 bridgehead atoms. The molecular formula is C30H43N7O4S2. The molecule has 43 heavy (non-hydrogen) atoms. The monoisotopic (exact) mass is 629 g/mol. The Kier molecular flexibility index (Phi) is 13.7. The number of carbonyl (C=O) groups is 2. The van der Waals surface area contributed by atoms with Gasteiger partial charge in [-0.2, -0.15) is 9.36 Å². The van der Waals surface area contributed by atoms with E-state index < -0.39 is 10.0 Å². The van der Waals surface area contributed by atoms with Crippen LogP contribution in [-0.4, -0.2) is 42.0 Å². The predicted molar refractivity (Wildman–Crippen MR) is 175 cm³/mol. The number of urea groups is 1. The van der Waals surface area contributed by atoms with Crippen LogP contribution < -0.4 is 26.2 Å². The maximum absolute atomic E-state index is 12.9. The van der Waals surface area contributed by atoms with Crippen molar-refractivity contribution < 1.29 is 18.0 Å². The summed E-state index contributed by atoms with van der Waals surface area (Å²) in [4.78, 5) is 30.0. The first kappa shape index (κ1) is 33.8. The zero-order chi connectivity index (χ0) is 31.1. The highest BCUT2D eigenvalue weighted by Gasteiger charge is 2.14. The molecule has 3 aromatic rings. The van der Waals surface area contributed by atoms with Crippen molar-refractivity contribution in [2.45, 2.75) is 84.1 Å². The summed E-state index contributed by atoms with van der Waals surface area (Å²) in [5.74, 6) is 0.0395. The van der Waals surface area contributed by atoms with Gasteiger partial charge in [0.25, 0.3) is 5.91 Å². The zero-order valence-corrected chi connectivity index (χ0v) is 26.7. The van der Waals surface area contributed by atoms with Crippen molar-refractivity contribution in [2.75, 3.05) is 21.7 Å². The molecule has 0 atom stereocenters. The molecule has 0 spiro atoms. The van der Waals surface area contributed by atoms with Crippen LogP contribution in [0.4, 0.5) is 21.3 Å². The van der Waals surface area contributed by atoms with Gasteiger partial charge in [-0.05, 0) is 43.2 Å². The van der Waals surface area contributed by atoms with E-state index in [4.69, 9.17) is 0 Å². The van der Waals surface area contributed by atoms with Gasteiger partial charge < -0.3 is 10.6 Å². The van der Waals surface area contributed by atoms with E-state index in [1.165, 1.54) is 44.6 Å². The van der Waals surface area contributed by atoms with Gasteiger partial charge in [0, 0.05) is 34.4 Å². The summed E-state index contributed by atoms with van der Waals surface area (Å²) in [6.45, 7) is 4.38. The number of nitrogens with zero attached hydrogens (tertiary/aromatic N) is 2. The molecule has 1 aromatic heterocycles. The summed E-state index contributed by atoms with van der Waals surface area (Å²) in [6, 6.07) is 13.1. The number of hydrogen-bond acceptors (Lipinski definition) is 8. The van der Waals surface area contributed by atoms with E-state index in [0.717, 1.165) is 43.5 Å². The first-order chi connectivity index (χ1) is 20.7. The van der Waals surface area contributed by atoms with Gasteiger partial charge in [-0.3, -0.25) is 14.9 Å². The second-order valence-corrected chi connectivity index (χ2v) is 13.0. The second-order valence-electron chi connectivity index (χ2n) is 10.5. The molecule has 5 N–H and O–H groups in total. The second kappa shape index (κ2) is 17.4. The molecule has 11 nitrogen and oxygen atoms in total. The van der Waals surface area contributed by atoms with Gasteiger partial charge in [-0.15, -0.1) is 0 Å². The van der Waals surface area contributed by atoms with Crippen molar-refractivity contribution in [3.05, 3.63) is 54.1 Å². The number of hydrogen-bond donors (Lipinski definition) is 5. The van der Waals surface area contributed by atoms with Crippen LogP contribution in [0.5, 0.6) is 0 Å². The number of aromatic nitrogens is 2. The van der Waals surface area contributed by atoms with Gasteiger partial charge in [-0.1, -0.05) is 83.4 Å². The van der Waals surface area contributed by atoms with Crippen LogP contribution in [-0.2, 0) is 10.0 Å². The number of hydrazine groups is 1. The number of carbonyl (C=O) groups excluding carboxylic acids is 2. The summed E-state index contributed by atoms with van der Waals surface area (Å²) in [7, 11) is -3.44. The fourth-order valence-corrected chi connectivity index (χ4v) is 5.62. The summed E-state index contributed by atoms with van der Waals surface area (Å²) < 4.78 is 29.8. The Morgan fingerprint density at radius 2 is 1.56 bits per heavy atom. The van der Waals surface area contributed by atoms with Crippen LogP contribution in [0.25, 0.3) is 11.4 Å². The molecule has 0 aliphatic heterocycles. The summed E-state index contributed by atoms with van der Waals surface area (Å²) >= 11 is 1.10. The highest BCUT2D eigenvalue weighted by atomic mass is 32.2. The van der Waals surface area contributed by atoms with E-state index in [-0.39, 0.29) is 18.0 Å². The van der Waals surface area contributed by atoms with Crippen LogP contribution >= 0.6 is 11.5 Å². The summed E-state index contributed by atoms with van der Waals surface area (Å²) in [6.07, 6.45) is 12.3. The molecule has 0 unspecified atom stereocenters. The van der Waals surface area contributed by atoms with E-state index in [1.807, 2.05) is 0 Å². The third kappa shape index (κ3) is 12.6. The largest absolute Gasteiger partial charge is 0.334 e. The predicted octanol–water partition coefficient (Wildman–Crippen LogP) is 6.76. The van der Waals surface area contributed by atoms with Gasteiger partial charge >= 0.3 is 6.03 Å². The SMILES string of the molecule is CCCCCCC(CCCCCC)NC(=O)NNc1nc(-c2cccc(C(=O)Nc3cccc(NS(C)(=O)=O)c3)c2)ns1. The van der Waals surface area contributed by atoms with Gasteiger partial charge in [0.1, 0.15) is 0 Å². The van der Waals surface area contributed by atoms with Crippen molar-refractivity contribution in [3.63, 3.8) is 0 Å². The maximum atomic E-state index is 12.9. The Labute approximate surface area is 258 Å². The maximum Gasteiger partial charge on any atom is 0.333 e. The smallest absolute Gasteiger partial charge is 0.333 e. The first-order valence-corrected chi connectivity index (χ1v) is 17.5. The Hall–Kier alpha value is -3.71. The lowest BCUT2D eigenvalue weighted by atomic mass is 10.0. The van der Waals surface area contributed by atoms with Gasteiger partial charge in [0.2, 0.25) is 15.2 Å². The number of sulfonamides is 1. The third-order valence-electron chi connectivity index (χ3n) is 6.66. The van der Waals surface area contributed by atoms with E-state index >= 15 is 0 Å². The van der Waals surface area contributed by atoms with Crippen LogP contribution in [0.15, 0.2) is 48.5 Å². The molecule has 0 aliphatic rings. The Morgan fingerprint density at radius 3 is 2.23 bits per heavy atom. The number of benzene rings is 2. The lowest BCUT2D eigenvalue weighted by molar-refractivity contribution is 0.102. The van der Waals surface area contributed by atoms with Crippen molar-refractivity contribution in [1.29, 1.82) is 0 Å². The molecule has 234 valence electrons. The van der Waals surface area contributed by atoms with Crippen LogP contribution in [0.1, 0.15) is 88.4 Å². The minimum absolute atomic E-state index is 0.132. The van der Waals surface area contributed by atoms with Crippen molar-refractivity contribution >= 4 is 50.0 Å². The standard InChI is InChI=1S/C30H43N7O4S2/c1-4-6-8-10-16-24(17-11-9-7-5-2)32-29(39)34-35-30-33-27(36-42-30)22-14-12-15-23(20-22)28(38)31-25-18-13-19-26(21-25)37-43(3,40)41/h12-15,18-21,24,37H,4-11,16-17H2,1-3H3,(H,31,38)(H2,32,34,39)(H,33,35,36). The lowest BCUT2D eigenvalue weighted by Gasteiger charge is -2.19. The third-order valence-corrected chi connectivity index (χ3v) is 7.90. The Balaban J connectivity index is 1.55. The molecule has 0 radical (unpaired) electrons. The van der Waals surface area contributed by atoms with Gasteiger partial charge in [0.15, 0.2) is 5.82 Å². The molecule has 1 heterocycles. The normalized spacial score (nSPS) is 11.3. The molecule has 13 heteroatoms. The number of unbranched alkanes of at least 4 members (excludes halogenated alkanes) is 6. The molecule has 0 saturated heterocycles. The molecule has 0 saturated carbocycles. The van der Waals surface area contributed by atoms with Crippen molar-refractivity contribution in [2.24, 2.45) is 0 Å². The van der Waals surface area contributed by atoms with E-state index in [1.54, 1.807) is 42.5 Å². The molecule has 3 rings (SSSR count). The molecule has 0 aliphatic carbocycles. The summed E-state index contributed by atoms with van der Waals surface area (Å²) in [5.41, 5.74) is 7.31. The van der Waals surface area contributed by atoms with E-state index in [0.29, 0.717) is 33.5 Å². The van der Waals surface area contributed by atoms with Crippen LogP contribution in [0.2, 0.25) is 0 Å². The van der Waals surface area contributed by atoms with Crippen LogP contribution in [0, 0.1) is 0 Å². The fraction of sp³-hybridized carbons (Fsp3) is 0.467. The summed E-state index contributed by atoms with van der Waals surface area (Å²) in [5, 5.41) is 6.29. The minimum atomic E-state index is -3.44. The molecular weight excluding hydrogens is 587 g/mol. The Morgan fingerprint density at radius 1 is 0.884 bits per heavy atom. The molecule has 2 aromatic carbocycles. The quantitative estimate of drug-likeness (QED) is 0.0769. The van der Waals surface area contributed by atoms with Crippen LogP contribution in [0.3, 0.4) is 0 Å². The number of amides is 3. The first-order valence-electron chi connectivity index (χ1n) is 14.8. The van der Waals surface area contributed by atoms with Crippen molar-refractivity contribution in [1.82, 2.24) is 20.1 Å².